The summed E-state index contributed by atoms with van der Waals surface area (Å²) in [5, 5.41) is 5.88. The quantitative estimate of drug-likeness (QED) is 0.422. The Hall–Kier alpha value is -3.04. The fourth-order valence-corrected chi connectivity index (χ4v) is 6.22. The number of carbonyl (C=O) groups is 2. The average molecular weight is 468 g/mol. The highest BCUT2D eigenvalue weighted by Crippen LogP contribution is 2.40. The molecule has 4 heterocycles. The monoisotopic (exact) mass is 467 g/mol. The van der Waals surface area contributed by atoms with Gasteiger partial charge in [-0.05, 0) is 54.3 Å². The number of hydrogen-bond acceptors (Lipinski definition) is 7. The first-order valence-electron chi connectivity index (χ1n) is 10.5. The zero-order valence-corrected chi connectivity index (χ0v) is 19.1. The number of amides is 1. The van der Waals surface area contributed by atoms with Crippen molar-refractivity contribution in [2.75, 3.05) is 5.32 Å². The third-order valence-electron chi connectivity index (χ3n) is 5.77. The zero-order valence-electron chi connectivity index (χ0n) is 17.4. The van der Waals surface area contributed by atoms with Crippen LogP contribution in [0.15, 0.2) is 45.4 Å². The summed E-state index contributed by atoms with van der Waals surface area (Å²) in [5.41, 5.74) is 1.41. The lowest BCUT2D eigenvalue weighted by Crippen LogP contribution is -2.23. The number of fused-ring (bicyclic) bond motifs is 2. The molecule has 0 bridgehead atoms. The maximum atomic E-state index is 13.2. The number of nitrogens with one attached hydrogen (secondary N) is 1. The molecule has 7 nitrogen and oxygen atoms in total. The van der Waals surface area contributed by atoms with E-state index in [1.165, 1.54) is 39.8 Å². The van der Waals surface area contributed by atoms with Gasteiger partial charge in [-0.15, -0.1) is 22.7 Å². The molecule has 1 aliphatic rings. The highest BCUT2D eigenvalue weighted by molar-refractivity contribution is 7.17. The summed E-state index contributed by atoms with van der Waals surface area (Å²) in [6, 6.07) is 5.07. The van der Waals surface area contributed by atoms with Gasteiger partial charge in [0.15, 0.2) is 5.76 Å². The maximum Gasteiger partial charge on any atom is 0.262 e. The van der Waals surface area contributed by atoms with Crippen LogP contribution in [0.2, 0.25) is 0 Å². The average Bonchev–Trinajstić information content (AvgIpc) is 3.52. The lowest BCUT2D eigenvalue weighted by molar-refractivity contribution is -0.116. The molecule has 1 N–H and O–H groups in total. The van der Waals surface area contributed by atoms with E-state index in [1.54, 1.807) is 18.2 Å². The van der Waals surface area contributed by atoms with Crippen LogP contribution in [-0.4, -0.2) is 21.2 Å². The van der Waals surface area contributed by atoms with Crippen LogP contribution in [0.25, 0.3) is 10.2 Å². The lowest BCUT2D eigenvalue weighted by atomic mass is 9.87. The van der Waals surface area contributed by atoms with E-state index in [-0.39, 0.29) is 36.0 Å². The highest BCUT2D eigenvalue weighted by atomic mass is 32.1. The maximum absolute atomic E-state index is 13.2. The van der Waals surface area contributed by atoms with Gasteiger partial charge in [0.2, 0.25) is 11.7 Å². The van der Waals surface area contributed by atoms with Crippen LogP contribution >= 0.6 is 22.7 Å². The fraction of sp³-hybridized carbons (Fsp3) is 0.304. The van der Waals surface area contributed by atoms with Crippen molar-refractivity contribution < 1.29 is 14.0 Å². The minimum Gasteiger partial charge on any atom is -0.461 e. The van der Waals surface area contributed by atoms with E-state index in [4.69, 9.17) is 4.42 Å². The minimum atomic E-state index is -0.248. The van der Waals surface area contributed by atoms with E-state index in [0.29, 0.717) is 26.7 Å². The van der Waals surface area contributed by atoms with Crippen molar-refractivity contribution in [3.63, 3.8) is 0 Å². The number of aryl methyl sites for hydroxylation is 1. The molecule has 1 unspecified atom stereocenters. The van der Waals surface area contributed by atoms with Crippen LogP contribution in [0.1, 0.15) is 46.3 Å². The molecule has 164 valence electrons. The molecular formula is C23H21N3O4S2. The first-order valence-corrected chi connectivity index (χ1v) is 12.2. The molecule has 0 aromatic carbocycles. The summed E-state index contributed by atoms with van der Waals surface area (Å²) in [4.78, 5) is 44.6. The Morgan fingerprint density at radius 1 is 1.34 bits per heavy atom. The van der Waals surface area contributed by atoms with Gasteiger partial charge in [0.05, 0.1) is 23.5 Å². The van der Waals surface area contributed by atoms with Crippen molar-refractivity contribution in [1.82, 2.24) is 9.55 Å². The van der Waals surface area contributed by atoms with Crippen LogP contribution in [0.5, 0.6) is 0 Å². The second kappa shape index (κ2) is 8.48. The standard InChI is InChI=1S/C23H21N3O4S2/c1-13-4-5-14-17(11-13)32-22(19(14)20(28)16-3-2-9-30-16)25-18(27)6-8-26-12-24-21-15(23(26)29)7-10-31-21/h2-3,7,9-10,12-13H,4-6,8,11H2,1H3,(H,25,27). The summed E-state index contributed by atoms with van der Waals surface area (Å²) >= 11 is 2.88. The highest BCUT2D eigenvalue weighted by Gasteiger charge is 2.29. The molecule has 0 aliphatic heterocycles. The Labute approximate surface area is 191 Å². The predicted molar refractivity (Wildman–Crippen MR) is 125 cm³/mol. The Kier molecular flexibility index (Phi) is 5.52. The van der Waals surface area contributed by atoms with E-state index in [0.717, 1.165) is 29.7 Å². The third kappa shape index (κ3) is 3.82. The number of carbonyl (C=O) groups excluding carboxylic acids is 2. The molecule has 4 aromatic rings. The Balaban J connectivity index is 1.38. The van der Waals surface area contributed by atoms with Gasteiger partial charge in [-0.3, -0.25) is 19.0 Å². The molecule has 32 heavy (non-hydrogen) atoms. The minimum absolute atomic E-state index is 0.102. The Morgan fingerprint density at radius 2 is 2.22 bits per heavy atom. The summed E-state index contributed by atoms with van der Waals surface area (Å²) in [6.07, 6.45) is 5.78. The molecule has 1 atom stereocenters. The molecule has 5 rings (SSSR count). The smallest absolute Gasteiger partial charge is 0.262 e. The summed E-state index contributed by atoms with van der Waals surface area (Å²) in [5.74, 6) is 0.354. The van der Waals surface area contributed by atoms with Gasteiger partial charge in [-0.25, -0.2) is 4.98 Å². The van der Waals surface area contributed by atoms with E-state index in [9.17, 15) is 14.4 Å². The number of aromatic nitrogens is 2. The number of rotatable bonds is 6. The van der Waals surface area contributed by atoms with Crippen molar-refractivity contribution >= 4 is 49.6 Å². The van der Waals surface area contributed by atoms with Crippen LogP contribution in [0.4, 0.5) is 5.00 Å². The molecule has 0 spiro atoms. The Morgan fingerprint density at radius 3 is 3.03 bits per heavy atom. The fourth-order valence-electron chi connectivity index (χ4n) is 4.07. The summed E-state index contributed by atoms with van der Waals surface area (Å²) in [6.45, 7) is 2.41. The summed E-state index contributed by atoms with van der Waals surface area (Å²) in [7, 11) is 0. The topological polar surface area (TPSA) is 94.2 Å². The van der Waals surface area contributed by atoms with E-state index in [1.807, 2.05) is 5.38 Å². The number of nitrogens with zero attached hydrogens (tertiary/aromatic N) is 2. The van der Waals surface area contributed by atoms with Gasteiger partial charge in [0, 0.05) is 17.8 Å². The largest absolute Gasteiger partial charge is 0.461 e. The Bertz CT molecular complexity index is 1360. The second-order valence-electron chi connectivity index (χ2n) is 8.04. The number of furan rings is 1. The predicted octanol–water partition coefficient (Wildman–Crippen LogP) is 4.50. The van der Waals surface area contributed by atoms with Gasteiger partial charge in [-0.1, -0.05) is 6.92 Å². The number of ketones is 1. The molecule has 4 aromatic heterocycles. The van der Waals surface area contributed by atoms with Crippen molar-refractivity contribution in [3.05, 3.63) is 68.3 Å². The summed E-state index contributed by atoms with van der Waals surface area (Å²) < 4.78 is 6.79. The van der Waals surface area contributed by atoms with E-state index in [2.05, 4.69) is 17.2 Å². The number of hydrogen-bond donors (Lipinski definition) is 1. The van der Waals surface area contributed by atoms with Gasteiger partial charge in [-0.2, -0.15) is 0 Å². The van der Waals surface area contributed by atoms with Gasteiger partial charge in [0.25, 0.3) is 5.56 Å². The van der Waals surface area contributed by atoms with Gasteiger partial charge in [0.1, 0.15) is 9.83 Å². The van der Waals surface area contributed by atoms with Crippen molar-refractivity contribution in [3.8, 4) is 0 Å². The second-order valence-corrected chi connectivity index (χ2v) is 10.0. The molecule has 0 saturated carbocycles. The van der Waals surface area contributed by atoms with Crippen molar-refractivity contribution in [2.24, 2.45) is 5.92 Å². The van der Waals surface area contributed by atoms with Crippen LogP contribution in [0.3, 0.4) is 0 Å². The van der Waals surface area contributed by atoms with E-state index < -0.39 is 0 Å². The molecule has 9 heteroatoms. The van der Waals surface area contributed by atoms with Crippen molar-refractivity contribution in [1.29, 1.82) is 0 Å². The third-order valence-corrected chi connectivity index (χ3v) is 7.76. The molecular weight excluding hydrogens is 446 g/mol. The van der Waals surface area contributed by atoms with Gasteiger partial charge < -0.3 is 9.73 Å². The molecule has 1 aliphatic carbocycles. The van der Waals surface area contributed by atoms with Crippen LogP contribution in [0, 0.1) is 5.92 Å². The lowest BCUT2D eigenvalue weighted by Gasteiger charge is -2.18. The molecule has 0 radical (unpaired) electrons. The SMILES string of the molecule is CC1CCc2c(sc(NC(=O)CCn3cnc4sccc4c3=O)c2C(=O)c2ccco2)C1. The van der Waals surface area contributed by atoms with Gasteiger partial charge >= 0.3 is 0 Å². The zero-order chi connectivity index (χ0) is 22.2. The normalized spacial score (nSPS) is 15.6. The van der Waals surface area contributed by atoms with Crippen LogP contribution in [-0.2, 0) is 24.2 Å². The molecule has 0 fully saturated rings. The molecule has 1 amide bonds. The van der Waals surface area contributed by atoms with Crippen molar-refractivity contribution in [2.45, 2.75) is 39.2 Å². The first kappa shape index (κ1) is 20.8. The first-order chi connectivity index (χ1) is 15.5. The molecule has 0 saturated heterocycles. The van der Waals surface area contributed by atoms with Crippen LogP contribution < -0.4 is 10.9 Å². The number of anilines is 1. The number of thiophene rings is 2. The van der Waals surface area contributed by atoms with E-state index >= 15 is 0 Å².